The van der Waals surface area contributed by atoms with E-state index in [1.54, 1.807) is 13.8 Å². The van der Waals surface area contributed by atoms with Crippen LogP contribution < -0.4 is 5.56 Å². The van der Waals surface area contributed by atoms with Crippen molar-refractivity contribution in [3.05, 3.63) is 56.0 Å². The van der Waals surface area contributed by atoms with E-state index in [4.69, 9.17) is 4.74 Å². The van der Waals surface area contributed by atoms with Crippen LogP contribution in [-0.2, 0) is 4.74 Å². The normalized spacial score (nSPS) is 12.0. The lowest BCUT2D eigenvalue weighted by Gasteiger charge is -2.05. The number of aliphatic imine (C=N–C) groups is 1. The van der Waals surface area contributed by atoms with Crippen LogP contribution in [0.15, 0.2) is 34.1 Å². The molecule has 0 spiro atoms. The van der Waals surface area contributed by atoms with E-state index in [0.29, 0.717) is 35.8 Å². The maximum atomic E-state index is 12.7. The van der Waals surface area contributed by atoms with Crippen LogP contribution in [0.4, 0.5) is 5.69 Å². The molecule has 0 unspecified atom stereocenters. The van der Waals surface area contributed by atoms with Gasteiger partial charge in [0.05, 0.1) is 22.3 Å². The van der Waals surface area contributed by atoms with Gasteiger partial charge in [0.1, 0.15) is 0 Å². The molecule has 26 heavy (non-hydrogen) atoms. The van der Waals surface area contributed by atoms with Gasteiger partial charge in [-0.3, -0.25) is 25.0 Å². The van der Waals surface area contributed by atoms with Crippen LogP contribution in [0.3, 0.4) is 0 Å². The molecule has 0 fully saturated rings. The molecule has 0 aliphatic heterocycles. The van der Waals surface area contributed by atoms with Crippen molar-refractivity contribution in [2.75, 3.05) is 13.2 Å². The van der Waals surface area contributed by atoms with Crippen LogP contribution in [0.5, 0.6) is 0 Å². The summed E-state index contributed by atoms with van der Waals surface area (Å²) >= 11 is 0. The van der Waals surface area contributed by atoms with Gasteiger partial charge < -0.3 is 4.74 Å². The lowest BCUT2D eigenvalue weighted by Crippen LogP contribution is -2.20. The van der Waals surface area contributed by atoms with Gasteiger partial charge in [0.2, 0.25) is 0 Å². The first-order valence-corrected chi connectivity index (χ1v) is 8.50. The topological polar surface area (TPSA) is 103 Å². The van der Waals surface area contributed by atoms with Crippen molar-refractivity contribution in [1.82, 2.24) is 9.78 Å². The number of aromatic amines is 1. The fraction of sp³-hybridized carbons (Fsp3) is 0.444. The number of nitro benzene ring substituents is 1. The van der Waals surface area contributed by atoms with E-state index >= 15 is 0 Å². The van der Waals surface area contributed by atoms with Gasteiger partial charge in [0.15, 0.2) is 0 Å². The van der Waals surface area contributed by atoms with Gasteiger partial charge in [-0.25, -0.2) is 4.68 Å². The average Bonchev–Trinajstić information content (AvgIpc) is 2.88. The SMILES string of the molecule is CC(=NCCCOC(C)C)c1c(C)[nH]n(-c2ccc([N+](=O)[O-])cc2)c1=O. The van der Waals surface area contributed by atoms with Crippen LogP contribution in [0.25, 0.3) is 5.69 Å². The molecule has 0 bridgehead atoms. The fourth-order valence-corrected chi connectivity index (χ4v) is 2.59. The zero-order chi connectivity index (χ0) is 19.3. The van der Waals surface area contributed by atoms with Crippen LogP contribution >= 0.6 is 0 Å². The minimum Gasteiger partial charge on any atom is -0.379 e. The van der Waals surface area contributed by atoms with E-state index in [0.717, 1.165) is 6.42 Å². The monoisotopic (exact) mass is 360 g/mol. The van der Waals surface area contributed by atoms with E-state index < -0.39 is 4.92 Å². The zero-order valence-corrected chi connectivity index (χ0v) is 15.5. The molecule has 0 atom stereocenters. The van der Waals surface area contributed by atoms with Crippen LogP contribution in [0, 0.1) is 17.0 Å². The summed E-state index contributed by atoms with van der Waals surface area (Å²) in [6, 6.07) is 5.81. The highest BCUT2D eigenvalue weighted by Gasteiger charge is 2.15. The summed E-state index contributed by atoms with van der Waals surface area (Å²) in [5, 5.41) is 13.8. The first-order valence-electron chi connectivity index (χ1n) is 8.50. The number of rotatable bonds is 8. The maximum Gasteiger partial charge on any atom is 0.280 e. The van der Waals surface area contributed by atoms with Gasteiger partial charge in [-0.1, -0.05) is 0 Å². The molecular weight excluding hydrogens is 336 g/mol. The molecule has 1 heterocycles. The molecule has 0 amide bonds. The van der Waals surface area contributed by atoms with Crippen LogP contribution in [0.1, 0.15) is 38.4 Å². The van der Waals surface area contributed by atoms with E-state index in [2.05, 4.69) is 10.1 Å². The molecular formula is C18H24N4O4. The minimum atomic E-state index is -0.474. The number of nitrogens with zero attached hydrogens (tertiary/aromatic N) is 3. The Kier molecular flexibility index (Phi) is 6.46. The Bertz CT molecular complexity index is 847. The molecule has 0 saturated carbocycles. The van der Waals surface area contributed by atoms with Crippen molar-refractivity contribution in [2.24, 2.45) is 4.99 Å². The molecule has 0 aliphatic rings. The summed E-state index contributed by atoms with van der Waals surface area (Å²) in [4.78, 5) is 27.5. The Morgan fingerprint density at radius 1 is 1.35 bits per heavy atom. The van der Waals surface area contributed by atoms with Crippen molar-refractivity contribution < 1.29 is 9.66 Å². The highest BCUT2D eigenvalue weighted by Crippen LogP contribution is 2.14. The Hall–Kier alpha value is -2.74. The summed E-state index contributed by atoms with van der Waals surface area (Å²) in [5.41, 5.74) is 2.17. The standard InChI is InChI=1S/C18H24N4O4/c1-12(2)26-11-5-10-19-13(3)17-14(4)20-21(18(17)23)15-6-8-16(9-7-15)22(24)25/h6-9,12,20H,5,10-11H2,1-4H3. The first kappa shape index (κ1) is 19.6. The maximum absolute atomic E-state index is 12.7. The van der Waals surface area contributed by atoms with Crippen LogP contribution in [0.2, 0.25) is 0 Å². The molecule has 0 aliphatic carbocycles. The molecule has 0 radical (unpaired) electrons. The fourth-order valence-electron chi connectivity index (χ4n) is 2.59. The van der Waals surface area contributed by atoms with Crippen molar-refractivity contribution in [2.45, 2.75) is 40.2 Å². The Balaban J connectivity index is 2.19. The number of hydrogen-bond acceptors (Lipinski definition) is 5. The molecule has 1 aromatic carbocycles. The van der Waals surface area contributed by atoms with Gasteiger partial charge >= 0.3 is 0 Å². The molecule has 8 nitrogen and oxygen atoms in total. The molecule has 2 aromatic rings. The van der Waals surface area contributed by atoms with Gasteiger partial charge in [-0.05, 0) is 46.2 Å². The average molecular weight is 360 g/mol. The summed E-state index contributed by atoms with van der Waals surface area (Å²) in [7, 11) is 0. The Morgan fingerprint density at radius 2 is 2.00 bits per heavy atom. The minimum absolute atomic E-state index is 0.0216. The van der Waals surface area contributed by atoms with Crippen LogP contribution in [-0.4, -0.2) is 39.7 Å². The predicted octanol–water partition coefficient (Wildman–Crippen LogP) is 3.01. The molecule has 8 heteroatoms. The summed E-state index contributed by atoms with van der Waals surface area (Å²) in [6.07, 6.45) is 0.983. The van der Waals surface area contributed by atoms with E-state index in [1.807, 2.05) is 13.8 Å². The number of aryl methyl sites for hydroxylation is 1. The summed E-state index contributed by atoms with van der Waals surface area (Å²) in [5.74, 6) is 0. The second-order valence-electron chi connectivity index (χ2n) is 6.27. The Morgan fingerprint density at radius 3 is 2.58 bits per heavy atom. The highest BCUT2D eigenvalue weighted by molar-refractivity contribution is 5.99. The second-order valence-corrected chi connectivity index (χ2v) is 6.27. The highest BCUT2D eigenvalue weighted by atomic mass is 16.6. The number of aromatic nitrogens is 2. The predicted molar refractivity (Wildman–Crippen MR) is 101 cm³/mol. The lowest BCUT2D eigenvalue weighted by molar-refractivity contribution is -0.384. The number of nitro groups is 1. The number of ether oxygens (including phenoxy) is 1. The van der Waals surface area contributed by atoms with E-state index in [-0.39, 0.29) is 17.4 Å². The molecule has 1 N–H and O–H groups in total. The molecule has 0 saturated heterocycles. The number of non-ortho nitro benzene ring substituents is 1. The number of hydrogen-bond donors (Lipinski definition) is 1. The van der Waals surface area contributed by atoms with Crippen molar-refractivity contribution in [1.29, 1.82) is 0 Å². The van der Waals surface area contributed by atoms with E-state index in [9.17, 15) is 14.9 Å². The Labute approximate surface area is 151 Å². The van der Waals surface area contributed by atoms with Gasteiger partial charge in [-0.15, -0.1) is 0 Å². The summed E-state index contributed by atoms with van der Waals surface area (Å²) in [6.45, 7) is 8.80. The van der Waals surface area contributed by atoms with Gasteiger partial charge in [0, 0.05) is 36.7 Å². The van der Waals surface area contributed by atoms with E-state index in [1.165, 1.54) is 28.9 Å². The third-order valence-electron chi connectivity index (χ3n) is 3.85. The van der Waals surface area contributed by atoms with Crippen molar-refractivity contribution in [3.63, 3.8) is 0 Å². The largest absolute Gasteiger partial charge is 0.379 e. The third kappa shape index (κ3) is 4.66. The van der Waals surface area contributed by atoms with Crippen molar-refractivity contribution in [3.8, 4) is 5.69 Å². The molecule has 1 aromatic heterocycles. The molecule has 140 valence electrons. The number of benzene rings is 1. The smallest absolute Gasteiger partial charge is 0.280 e. The third-order valence-corrected chi connectivity index (χ3v) is 3.85. The first-order chi connectivity index (χ1) is 12.3. The zero-order valence-electron chi connectivity index (χ0n) is 15.5. The lowest BCUT2D eigenvalue weighted by atomic mass is 10.2. The molecule has 2 rings (SSSR count). The van der Waals surface area contributed by atoms with Gasteiger partial charge in [0.25, 0.3) is 11.2 Å². The van der Waals surface area contributed by atoms with Gasteiger partial charge in [-0.2, -0.15) is 0 Å². The quantitative estimate of drug-likeness (QED) is 0.338. The van der Waals surface area contributed by atoms with Crippen molar-refractivity contribution >= 4 is 11.4 Å². The summed E-state index contributed by atoms with van der Waals surface area (Å²) < 4.78 is 6.85. The number of nitrogens with one attached hydrogen (secondary N) is 1. The second kappa shape index (κ2) is 8.57. The number of H-pyrrole nitrogens is 1.